The monoisotopic (exact) mass is 601 g/mol. The van der Waals surface area contributed by atoms with E-state index in [9.17, 15) is 10.2 Å². The van der Waals surface area contributed by atoms with Crippen molar-refractivity contribution >= 4 is 51.6 Å². The summed E-state index contributed by atoms with van der Waals surface area (Å²) >= 11 is 0. The quantitative estimate of drug-likeness (QED) is 0.142. The van der Waals surface area contributed by atoms with Crippen LogP contribution in [-0.4, -0.2) is 16.4 Å². The first-order valence-corrected chi connectivity index (χ1v) is 16.4. The van der Waals surface area contributed by atoms with Crippen molar-refractivity contribution in [2.45, 2.75) is 13.0 Å². The van der Waals surface area contributed by atoms with Crippen LogP contribution in [0.1, 0.15) is 24.1 Å². The first-order chi connectivity index (χ1) is 22.1. The molecular weight excluding hydrogens is 569 g/mol. The maximum absolute atomic E-state index is 11.8. The molecule has 7 aromatic rings. The number of fused-ring (bicyclic) bond motifs is 2. The summed E-state index contributed by atoms with van der Waals surface area (Å²) in [5.74, 6) is 0.223. The Labute approximate surface area is 264 Å². The lowest BCUT2D eigenvalue weighted by Gasteiger charge is -2.23. The van der Waals surface area contributed by atoms with E-state index in [0.717, 1.165) is 27.1 Å². The van der Waals surface area contributed by atoms with E-state index in [-0.39, 0.29) is 17.5 Å². The SMILES string of the molecule is C[C@@H](N=Cc1cc2ccccc2c(-c2c(O)ccc3ccccc23)c1O)c1ccccc1P(c1ccccc1)c1ccccc1. The molecule has 2 N–H and O–H groups in total. The molecular formula is C41H32NO2P. The number of nitrogens with zero attached hydrogens (tertiary/aromatic N) is 1. The zero-order chi connectivity index (χ0) is 30.8. The Hall–Kier alpha value is -5.24. The molecule has 7 rings (SSSR count). The Bertz CT molecular complexity index is 2120. The van der Waals surface area contributed by atoms with E-state index in [0.29, 0.717) is 16.7 Å². The van der Waals surface area contributed by atoms with Crippen LogP contribution >= 0.6 is 7.92 Å². The molecule has 1 atom stereocenters. The lowest BCUT2D eigenvalue weighted by atomic mass is 9.90. The van der Waals surface area contributed by atoms with Crippen LogP contribution in [0.2, 0.25) is 0 Å². The first kappa shape index (κ1) is 28.5. The van der Waals surface area contributed by atoms with E-state index >= 15 is 0 Å². The molecule has 0 aliphatic heterocycles. The number of aliphatic imine (C=N–C) groups is 1. The second-order valence-corrected chi connectivity index (χ2v) is 13.3. The largest absolute Gasteiger partial charge is 0.507 e. The van der Waals surface area contributed by atoms with Crippen molar-refractivity contribution in [2.24, 2.45) is 4.99 Å². The van der Waals surface area contributed by atoms with Crippen LogP contribution in [0.25, 0.3) is 32.7 Å². The lowest BCUT2D eigenvalue weighted by Crippen LogP contribution is -2.23. The van der Waals surface area contributed by atoms with Gasteiger partial charge in [0.1, 0.15) is 11.5 Å². The first-order valence-electron chi connectivity index (χ1n) is 15.1. The number of benzene rings is 7. The van der Waals surface area contributed by atoms with Crippen molar-refractivity contribution in [3.8, 4) is 22.6 Å². The van der Waals surface area contributed by atoms with Gasteiger partial charge in [0, 0.05) is 22.9 Å². The molecule has 0 aliphatic carbocycles. The van der Waals surface area contributed by atoms with Crippen LogP contribution < -0.4 is 15.9 Å². The van der Waals surface area contributed by atoms with Gasteiger partial charge in [-0.15, -0.1) is 0 Å². The fraction of sp³-hybridized carbons (Fsp3) is 0.0488. The summed E-state index contributed by atoms with van der Waals surface area (Å²) in [7, 11) is -0.801. The topological polar surface area (TPSA) is 52.8 Å². The highest BCUT2D eigenvalue weighted by Crippen LogP contribution is 2.46. The predicted octanol–water partition coefficient (Wildman–Crippen LogP) is 9.01. The van der Waals surface area contributed by atoms with Crippen molar-refractivity contribution in [1.82, 2.24) is 0 Å². The highest BCUT2D eigenvalue weighted by Gasteiger charge is 2.22. The Balaban J connectivity index is 1.34. The van der Waals surface area contributed by atoms with Gasteiger partial charge in [0.25, 0.3) is 0 Å². The average Bonchev–Trinajstić information content (AvgIpc) is 3.09. The fourth-order valence-corrected chi connectivity index (χ4v) is 8.68. The van der Waals surface area contributed by atoms with Gasteiger partial charge >= 0.3 is 0 Å². The van der Waals surface area contributed by atoms with Gasteiger partial charge in [0.05, 0.1) is 6.04 Å². The summed E-state index contributed by atoms with van der Waals surface area (Å²) in [5.41, 5.74) is 2.98. The number of phenolic OH excluding ortho intramolecular Hbond substituents is 2. The van der Waals surface area contributed by atoms with Crippen molar-refractivity contribution in [3.05, 3.63) is 163 Å². The van der Waals surface area contributed by atoms with Crippen LogP contribution in [0.4, 0.5) is 0 Å². The van der Waals surface area contributed by atoms with E-state index in [2.05, 4.69) is 91.9 Å². The normalized spacial score (nSPS) is 12.3. The zero-order valence-corrected chi connectivity index (χ0v) is 25.8. The predicted molar refractivity (Wildman–Crippen MR) is 191 cm³/mol. The molecule has 0 saturated carbocycles. The molecule has 0 heterocycles. The maximum Gasteiger partial charge on any atom is 0.132 e. The van der Waals surface area contributed by atoms with Gasteiger partial charge in [0.15, 0.2) is 0 Å². The molecule has 0 fully saturated rings. The highest BCUT2D eigenvalue weighted by atomic mass is 31.1. The molecule has 7 aromatic carbocycles. The van der Waals surface area contributed by atoms with Gasteiger partial charge in [0.2, 0.25) is 0 Å². The van der Waals surface area contributed by atoms with Crippen LogP contribution in [-0.2, 0) is 0 Å². The molecule has 218 valence electrons. The van der Waals surface area contributed by atoms with E-state index in [1.807, 2.05) is 60.7 Å². The Kier molecular flexibility index (Phi) is 7.86. The van der Waals surface area contributed by atoms with E-state index in [1.165, 1.54) is 15.9 Å². The smallest absolute Gasteiger partial charge is 0.132 e. The van der Waals surface area contributed by atoms with Crippen LogP contribution in [0, 0.1) is 0 Å². The molecule has 0 aromatic heterocycles. The summed E-state index contributed by atoms with van der Waals surface area (Å²) in [6, 6.07) is 51.2. The van der Waals surface area contributed by atoms with Crippen molar-refractivity contribution in [3.63, 3.8) is 0 Å². The van der Waals surface area contributed by atoms with E-state index in [1.54, 1.807) is 12.3 Å². The summed E-state index contributed by atoms with van der Waals surface area (Å²) < 4.78 is 0. The van der Waals surface area contributed by atoms with Crippen molar-refractivity contribution in [2.75, 3.05) is 0 Å². The molecule has 4 heteroatoms. The number of hydrogen-bond donors (Lipinski definition) is 2. The van der Waals surface area contributed by atoms with Gasteiger partial charge in [-0.1, -0.05) is 140 Å². The fourth-order valence-electron chi connectivity index (χ4n) is 6.13. The molecule has 0 amide bonds. The molecule has 0 aliphatic rings. The lowest BCUT2D eigenvalue weighted by molar-refractivity contribution is 0.470. The third kappa shape index (κ3) is 5.48. The van der Waals surface area contributed by atoms with Gasteiger partial charge < -0.3 is 10.2 Å². The maximum atomic E-state index is 11.8. The van der Waals surface area contributed by atoms with Crippen molar-refractivity contribution in [1.29, 1.82) is 0 Å². The molecule has 0 unspecified atom stereocenters. The second kappa shape index (κ2) is 12.4. The zero-order valence-electron chi connectivity index (χ0n) is 24.9. The average molecular weight is 602 g/mol. The minimum atomic E-state index is -0.801. The summed E-state index contributed by atoms with van der Waals surface area (Å²) in [4.78, 5) is 5.05. The standard InChI is InChI=1S/C41H32NO2P/c1-28(34-20-12-13-23-38(34)45(32-16-4-2-5-17-32)33-18-6-3-7-19-33)42-27-31-26-30-15-9-11-22-36(30)40(41(31)44)39-35-21-10-8-14-29(35)24-25-37(39)43/h2-28,43-44H,1H3/t28-/m1/s1. The number of hydrogen-bond acceptors (Lipinski definition) is 3. The van der Waals surface area contributed by atoms with Crippen molar-refractivity contribution < 1.29 is 10.2 Å². The van der Waals surface area contributed by atoms with Crippen LogP contribution in [0.3, 0.4) is 0 Å². The summed E-state index contributed by atoms with van der Waals surface area (Å²) in [5, 5.41) is 30.5. The van der Waals surface area contributed by atoms with Gasteiger partial charge in [-0.05, 0) is 70.0 Å². The number of aromatic hydroxyl groups is 2. The molecule has 0 spiro atoms. The molecule has 45 heavy (non-hydrogen) atoms. The minimum Gasteiger partial charge on any atom is -0.507 e. The molecule has 3 nitrogen and oxygen atoms in total. The minimum absolute atomic E-state index is 0.0976. The third-order valence-corrected chi connectivity index (χ3v) is 10.8. The second-order valence-electron chi connectivity index (χ2n) is 11.1. The Morgan fingerprint density at radius 2 is 1.13 bits per heavy atom. The third-order valence-electron chi connectivity index (χ3n) is 8.30. The summed E-state index contributed by atoms with van der Waals surface area (Å²) in [6.07, 6.45) is 1.78. The van der Waals surface area contributed by atoms with Gasteiger partial charge in [-0.3, -0.25) is 4.99 Å². The molecule has 0 bridgehead atoms. The van der Waals surface area contributed by atoms with Gasteiger partial charge in [-0.25, -0.2) is 0 Å². The summed E-state index contributed by atoms with van der Waals surface area (Å²) in [6.45, 7) is 2.11. The van der Waals surface area contributed by atoms with E-state index in [4.69, 9.17) is 4.99 Å². The number of rotatable bonds is 7. The molecule has 0 radical (unpaired) electrons. The number of phenols is 2. The van der Waals surface area contributed by atoms with Gasteiger partial charge in [-0.2, -0.15) is 0 Å². The van der Waals surface area contributed by atoms with E-state index < -0.39 is 7.92 Å². The molecule has 0 saturated heterocycles. The van der Waals surface area contributed by atoms with Crippen LogP contribution in [0.5, 0.6) is 11.5 Å². The van der Waals surface area contributed by atoms with Crippen LogP contribution in [0.15, 0.2) is 157 Å². The Morgan fingerprint density at radius 3 is 1.82 bits per heavy atom. The highest BCUT2D eigenvalue weighted by molar-refractivity contribution is 7.79. The Morgan fingerprint density at radius 1 is 0.578 bits per heavy atom.